The van der Waals surface area contributed by atoms with Gasteiger partial charge in [0.15, 0.2) is 0 Å². The molecule has 118 valence electrons. The molecule has 3 rings (SSSR count). The number of rotatable bonds is 4. The van der Waals surface area contributed by atoms with Crippen molar-refractivity contribution in [3.63, 3.8) is 0 Å². The molecule has 23 heavy (non-hydrogen) atoms. The highest BCUT2D eigenvalue weighted by Gasteiger charge is 2.31. The van der Waals surface area contributed by atoms with Crippen LogP contribution >= 0.6 is 11.3 Å². The lowest BCUT2D eigenvalue weighted by atomic mass is 10.2. The fourth-order valence-electron chi connectivity index (χ4n) is 1.84. The highest BCUT2D eigenvalue weighted by Crippen LogP contribution is 2.34. The Morgan fingerprint density at radius 2 is 1.74 bits per heavy atom. The van der Waals surface area contributed by atoms with Crippen molar-refractivity contribution in [1.82, 2.24) is 4.98 Å². The Balaban J connectivity index is 1.83. The van der Waals surface area contributed by atoms with Crippen LogP contribution in [0.5, 0.6) is 16.7 Å². The van der Waals surface area contributed by atoms with Crippen LogP contribution in [0.1, 0.15) is 10.4 Å². The molecule has 0 aliphatic rings. The second-order valence-corrected chi connectivity index (χ2v) is 5.44. The number of hydrogen-bond acceptors (Lipinski definition) is 5. The Hall–Kier alpha value is -2.61. The molecule has 0 bridgehead atoms. The molecule has 0 atom stereocenters. The number of carbonyl (C=O) groups is 1. The molecule has 0 saturated heterocycles. The van der Waals surface area contributed by atoms with Crippen LogP contribution in [-0.4, -0.2) is 17.6 Å². The Morgan fingerprint density at radius 1 is 1.04 bits per heavy atom. The molecular formula is C15H8F3NO3S. The highest BCUT2D eigenvalue weighted by molar-refractivity contribution is 7.20. The molecule has 0 aliphatic carbocycles. The fraction of sp³-hybridized carbons (Fsp3) is 0.0667. The minimum absolute atomic E-state index is 0.281. The summed E-state index contributed by atoms with van der Waals surface area (Å²) < 4.78 is 46.5. The van der Waals surface area contributed by atoms with Crippen LogP contribution in [-0.2, 0) is 0 Å². The third kappa shape index (κ3) is 3.78. The summed E-state index contributed by atoms with van der Waals surface area (Å²) in [6.07, 6.45) is -4.03. The summed E-state index contributed by atoms with van der Waals surface area (Å²) in [5, 5.41) is 0.281. The maximum absolute atomic E-state index is 12.2. The van der Waals surface area contributed by atoms with Gasteiger partial charge in [0.2, 0.25) is 0 Å². The third-order valence-corrected chi connectivity index (χ3v) is 3.69. The molecule has 8 heteroatoms. The number of ether oxygens (including phenoxy) is 2. The van der Waals surface area contributed by atoms with Gasteiger partial charge < -0.3 is 9.47 Å². The van der Waals surface area contributed by atoms with E-state index in [4.69, 9.17) is 4.74 Å². The van der Waals surface area contributed by atoms with E-state index in [2.05, 4.69) is 9.72 Å². The minimum atomic E-state index is -4.74. The Kier molecular flexibility index (Phi) is 3.91. The third-order valence-electron chi connectivity index (χ3n) is 2.80. The highest BCUT2D eigenvalue weighted by atomic mass is 32.1. The number of hydrogen-bond donors (Lipinski definition) is 0. The van der Waals surface area contributed by atoms with Crippen molar-refractivity contribution >= 4 is 27.8 Å². The average Bonchev–Trinajstić information content (AvgIpc) is 2.88. The molecule has 0 radical (unpaired) electrons. The van der Waals surface area contributed by atoms with Gasteiger partial charge in [-0.25, -0.2) is 4.98 Å². The molecule has 0 fully saturated rings. The van der Waals surface area contributed by atoms with Gasteiger partial charge in [0, 0.05) is 11.6 Å². The van der Waals surface area contributed by atoms with Crippen molar-refractivity contribution in [1.29, 1.82) is 0 Å². The number of carbonyl (C=O) groups excluding carboxylic acids is 1. The standard InChI is InChI=1S/C15H8F3NO3S/c16-15(17,18)22-11-5-6-12-13(7-11)23-14(19-12)21-10-3-1-9(8-20)2-4-10/h1-8H. The number of aldehydes is 1. The van der Waals surface area contributed by atoms with E-state index < -0.39 is 6.36 Å². The number of fused-ring (bicyclic) bond motifs is 1. The molecular weight excluding hydrogens is 331 g/mol. The van der Waals surface area contributed by atoms with Crippen molar-refractivity contribution in [3.05, 3.63) is 48.0 Å². The fourth-order valence-corrected chi connectivity index (χ4v) is 2.70. The predicted molar refractivity (Wildman–Crippen MR) is 78.2 cm³/mol. The van der Waals surface area contributed by atoms with E-state index in [1.54, 1.807) is 24.3 Å². The molecule has 1 aromatic heterocycles. The van der Waals surface area contributed by atoms with Crippen LogP contribution in [0.3, 0.4) is 0 Å². The number of halogens is 3. The van der Waals surface area contributed by atoms with E-state index in [0.717, 1.165) is 11.3 Å². The van der Waals surface area contributed by atoms with E-state index in [9.17, 15) is 18.0 Å². The summed E-state index contributed by atoms with van der Waals surface area (Å²) >= 11 is 1.09. The zero-order chi connectivity index (χ0) is 16.4. The number of nitrogens with zero attached hydrogens (tertiary/aromatic N) is 1. The summed E-state index contributed by atoms with van der Waals surface area (Å²) in [4.78, 5) is 14.8. The maximum Gasteiger partial charge on any atom is 0.573 e. The van der Waals surface area contributed by atoms with E-state index in [0.29, 0.717) is 27.8 Å². The first-order chi connectivity index (χ1) is 10.9. The molecule has 0 N–H and O–H groups in total. The zero-order valence-corrected chi connectivity index (χ0v) is 12.1. The van der Waals surface area contributed by atoms with E-state index >= 15 is 0 Å². The van der Waals surface area contributed by atoms with E-state index in [1.807, 2.05) is 0 Å². The second kappa shape index (κ2) is 5.88. The Bertz CT molecular complexity index is 843. The van der Waals surface area contributed by atoms with Gasteiger partial charge in [0.05, 0.1) is 10.2 Å². The van der Waals surface area contributed by atoms with Crippen molar-refractivity contribution in [3.8, 4) is 16.7 Å². The van der Waals surface area contributed by atoms with E-state index in [1.165, 1.54) is 18.2 Å². The van der Waals surface area contributed by atoms with Gasteiger partial charge in [-0.05, 0) is 36.4 Å². The van der Waals surface area contributed by atoms with Crippen LogP contribution in [0.15, 0.2) is 42.5 Å². The predicted octanol–water partition coefficient (Wildman–Crippen LogP) is 4.80. The van der Waals surface area contributed by atoms with Gasteiger partial charge in [-0.2, -0.15) is 0 Å². The van der Waals surface area contributed by atoms with Crippen molar-refractivity contribution in [2.45, 2.75) is 6.36 Å². The van der Waals surface area contributed by atoms with Crippen molar-refractivity contribution in [2.75, 3.05) is 0 Å². The number of alkyl halides is 3. The number of thiazole rings is 1. The molecule has 4 nitrogen and oxygen atoms in total. The van der Waals surface area contributed by atoms with Gasteiger partial charge in [-0.1, -0.05) is 11.3 Å². The van der Waals surface area contributed by atoms with Crippen LogP contribution in [0.4, 0.5) is 13.2 Å². The second-order valence-electron chi connectivity index (χ2n) is 4.45. The minimum Gasteiger partial charge on any atom is -0.431 e. The first kappa shape index (κ1) is 15.3. The van der Waals surface area contributed by atoms with E-state index in [-0.39, 0.29) is 10.9 Å². The van der Waals surface area contributed by atoms with Crippen LogP contribution in [0.2, 0.25) is 0 Å². The summed E-state index contributed by atoms with van der Waals surface area (Å²) in [5.41, 5.74) is 1.01. The number of benzene rings is 2. The van der Waals surface area contributed by atoms with Gasteiger partial charge in [0.25, 0.3) is 5.19 Å². The topological polar surface area (TPSA) is 48.4 Å². The smallest absolute Gasteiger partial charge is 0.431 e. The Labute approximate surface area is 132 Å². The van der Waals surface area contributed by atoms with Gasteiger partial charge >= 0.3 is 6.36 Å². The quantitative estimate of drug-likeness (QED) is 0.641. The Morgan fingerprint density at radius 3 is 2.39 bits per heavy atom. The molecule has 0 spiro atoms. The van der Waals surface area contributed by atoms with Crippen molar-refractivity contribution < 1.29 is 27.4 Å². The van der Waals surface area contributed by atoms with Crippen molar-refractivity contribution in [2.24, 2.45) is 0 Å². The lowest BCUT2D eigenvalue weighted by Gasteiger charge is -2.07. The molecule has 0 unspecified atom stereocenters. The zero-order valence-electron chi connectivity index (χ0n) is 11.3. The largest absolute Gasteiger partial charge is 0.573 e. The maximum atomic E-state index is 12.2. The normalized spacial score (nSPS) is 11.4. The first-order valence-electron chi connectivity index (χ1n) is 6.32. The summed E-state index contributed by atoms with van der Waals surface area (Å²) in [5.74, 6) is 0.164. The van der Waals surface area contributed by atoms with Crippen LogP contribution in [0, 0.1) is 0 Å². The molecule has 0 aliphatic heterocycles. The van der Waals surface area contributed by atoms with Gasteiger partial charge in [-0.3, -0.25) is 4.79 Å². The summed E-state index contributed by atoms with van der Waals surface area (Å²) in [7, 11) is 0. The molecule has 1 heterocycles. The van der Waals surface area contributed by atoms with Gasteiger partial charge in [0.1, 0.15) is 17.8 Å². The molecule has 3 aromatic rings. The summed E-state index contributed by atoms with van der Waals surface area (Å²) in [6, 6.07) is 10.3. The monoisotopic (exact) mass is 339 g/mol. The number of aromatic nitrogens is 1. The molecule has 0 saturated carbocycles. The van der Waals surface area contributed by atoms with Crippen LogP contribution in [0.25, 0.3) is 10.2 Å². The average molecular weight is 339 g/mol. The lowest BCUT2D eigenvalue weighted by molar-refractivity contribution is -0.274. The van der Waals surface area contributed by atoms with Gasteiger partial charge in [-0.15, -0.1) is 13.2 Å². The SMILES string of the molecule is O=Cc1ccc(Oc2nc3ccc(OC(F)(F)F)cc3s2)cc1. The summed E-state index contributed by atoms with van der Waals surface area (Å²) in [6.45, 7) is 0. The molecule has 0 amide bonds. The first-order valence-corrected chi connectivity index (χ1v) is 7.14. The van der Waals surface area contributed by atoms with Crippen LogP contribution < -0.4 is 9.47 Å². The molecule has 2 aromatic carbocycles. The lowest BCUT2D eigenvalue weighted by Crippen LogP contribution is -2.16.